The second-order valence-electron chi connectivity index (χ2n) is 4.67. The van der Waals surface area contributed by atoms with Crippen LogP contribution in [0.25, 0.3) is 0 Å². The summed E-state index contributed by atoms with van der Waals surface area (Å²) in [5, 5.41) is 12.2. The molecule has 0 bridgehead atoms. The molecule has 1 aromatic heterocycles. The number of aryl methyl sites for hydroxylation is 1. The van der Waals surface area contributed by atoms with Crippen LogP contribution in [-0.2, 0) is 16.0 Å². The van der Waals surface area contributed by atoms with E-state index in [1.165, 1.54) is 0 Å². The molecule has 1 heterocycles. The molecular formula is C14H22N2O4S. The number of ether oxygens (including phenoxy) is 1. The highest BCUT2D eigenvalue weighted by atomic mass is 32.1. The molecule has 0 unspecified atom stereocenters. The number of aromatic nitrogens is 1. The first-order valence-corrected chi connectivity index (χ1v) is 7.90. The van der Waals surface area contributed by atoms with E-state index in [9.17, 15) is 9.59 Å². The number of nitrogens with one attached hydrogen (secondary N) is 1. The highest BCUT2D eigenvalue weighted by molar-refractivity contribution is 7.13. The fraction of sp³-hybridized carbons (Fsp3) is 0.643. The molecule has 0 aromatic carbocycles. The van der Waals surface area contributed by atoms with Crippen LogP contribution < -0.4 is 5.32 Å². The van der Waals surface area contributed by atoms with Crippen molar-refractivity contribution in [1.29, 1.82) is 0 Å². The van der Waals surface area contributed by atoms with Crippen molar-refractivity contribution < 1.29 is 19.4 Å². The average Bonchev–Trinajstić information content (AvgIpc) is 2.78. The van der Waals surface area contributed by atoms with Gasteiger partial charge in [-0.05, 0) is 19.8 Å². The van der Waals surface area contributed by atoms with Crippen LogP contribution in [0.5, 0.6) is 0 Å². The van der Waals surface area contributed by atoms with Gasteiger partial charge in [0.05, 0.1) is 12.1 Å². The van der Waals surface area contributed by atoms with Gasteiger partial charge in [0.15, 0.2) is 0 Å². The molecule has 118 valence electrons. The zero-order chi connectivity index (χ0) is 15.7. The topological polar surface area (TPSA) is 88.5 Å². The maximum Gasteiger partial charge on any atom is 0.347 e. The zero-order valence-corrected chi connectivity index (χ0v) is 13.3. The van der Waals surface area contributed by atoms with Crippen LogP contribution in [0.15, 0.2) is 0 Å². The Balaban J connectivity index is 2.22. The van der Waals surface area contributed by atoms with E-state index in [0.29, 0.717) is 23.9 Å². The number of thiazole rings is 1. The van der Waals surface area contributed by atoms with Crippen LogP contribution in [0.1, 0.15) is 46.6 Å². The molecule has 0 saturated heterocycles. The molecule has 0 aliphatic heterocycles. The second kappa shape index (κ2) is 9.46. The molecule has 1 amide bonds. The fourth-order valence-electron chi connectivity index (χ4n) is 1.68. The summed E-state index contributed by atoms with van der Waals surface area (Å²) in [7, 11) is 0. The van der Waals surface area contributed by atoms with E-state index in [1.807, 2.05) is 0 Å². The summed E-state index contributed by atoms with van der Waals surface area (Å²) >= 11 is 1.05. The van der Waals surface area contributed by atoms with Gasteiger partial charge in [0.25, 0.3) is 0 Å². The van der Waals surface area contributed by atoms with Gasteiger partial charge in [0.1, 0.15) is 9.88 Å². The van der Waals surface area contributed by atoms with Crippen LogP contribution in [0.3, 0.4) is 0 Å². The van der Waals surface area contributed by atoms with Gasteiger partial charge in [-0.25, -0.2) is 9.78 Å². The van der Waals surface area contributed by atoms with Crippen molar-refractivity contribution in [3.05, 3.63) is 15.6 Å². The molecule has 6 nitrogen and oxygen atoms in total. The summed E-state index contributed by atoms with van der Waals surface area (Å²) in [6, 6.07) is 0. The molecule has 0 aliphatic carbocycles. The van der Waals surface area contributed by atoms with Gasteiger partial charge in [0, 0.05) is 19.8 Å². The first-order chi connectivity index (χ1) is 10.0. The number of carboxylic acid groups (broad SMARTS) is 1. The van der Waals surface area contributed by atoms with Gasteiger partial charge in [-0.2, -0.15) is 0 Å². The zero-order valence-electron chi connectivity index (χ0n) is 12.5. The van der Waals surface area contributed by atoms with Crippen molar-refractivity contribution in [2.45, 2.75) is 39.5 Å². The Bertz CT molecular complexity index is 474. The Morgan fingerprint density at radius 3 is 2.67 bits per heavy atom. The number of rotatable bonds is 10. The number of nitrogens with zero attached hydrogens (tertiary/aromatic N) is 1. The lowest BCUT2D eigenvalue weighted by Crippen LogP contribution is -2.26. The van der Waals surface area contributed by atoms with Crippen molar-refractivity contribution in [2.75, 3.05) is 19.8 Å². The van der Waals surface area contributed by atoms with Gasteiger partial charge in [0.2, 0.25) is 5.91 Å². The van der Waals surface area contributed by atoms with Gasteiger partial charge >= 0.3 is 5.97 Å². The van der Waals surface area contributed by atoms with E-state index in [0.717, 1.165) is 37.2 Å². The van der Waals surface area contributed by atoms with Crippen molar-refractivity contribution in [1.82, 2.24) is 10.3 Å². The number of aromatic carboxylic acids is 1. The molecule has 1 rings (SSSR count). The van der Waals surface area contributed by atoms with E-state index >= 15 is 0 Å². The van der Waals surface area contributed by atoms with Crippen molar-refractivity contribution in [3.8, 4) is 0 Å². The fourth-order valence-corrected chi connectivity index (χ4v) is 2.58. The van der Waals surface area contributed by atoms with Crippen LogP contribution in [-0.4, -0.2) is 41.7 Å². The van der Waals surface area contributed by atoms with E-state index in [-0.39, 0.29) is 17.2 Å². The Morgan fingerprint density at radius 2 is 2.05 bits per heavy atom. The molecule has 0 saturated carbocycles. The van der Waals surface area contributed by atoms with E-state index in [4.69, 9.17) is 9.84 Å². The van der Waals surface area contributed by atoms with E-state index in [1.54, 1.807) is 6.92 Å². The summed E-state index contributed by atoms with van der Waals surface area (Å²) < 4.78 is 5.39. The lowest BCUT2D eigenvalue weighted by molar-refractivity contribution is -0.120. The lowest BCUT2D eigenvalue weighted by Gasteiger charge is -2.05. The van der Waals surface area contributed by atoms with Crippen LogP contribution in [0, 0.1) is 6.92 Å². The standard InChI is InChI=1S/C14H22N2O4S/c1-3-4-7-20-8-5-6-15-11(17)9-12-16-10(2)13(21-12)14(18)19/h3-9H2,1-2H3,(H,15,17)(H,18,19). The predicted octanol–water partition coefficient (Wildman–Crippen LogP) is 2.02. The third-order valence-electron chi connectivity index (χ3n) is 2.78. The molecule has 0 fully saturated rings. The van der Waals surface area contributed by atoms with Crippen LogP contribution in [0.2, 0.25) is 0 Å². The molecule has 0 atom stereocenters. The number of hydrogen-bond acceptors (Lipinski definition) is 5. The Labute approximate surface area is 128 Å². The Morgan fingerprint density at radius 1 is 1.33 bits per heavy atom. The van der Waals surface area contributed by atoms with Gasteiger partial charge in [-0.1, -0.05) is 13.3 Å². The Hall–Kier alpha value is -1.47. The summed E-state index contributed by atoms with van der Waals surface area (Å²) in [5.74, 6) is -1.14. The Kier molecular flexibility index (Phi) is 7.92. The number of carbonyl (C=O) groups excluding carboxylic acids is 1. The quantitative estimate of drug-likeness (QED) is 0.645. The van der Waals surface area contributed by atoms with E-state index in [2.05, 4.69) is 17.2 Å². The monoisotopic (exact) mass is 314 g/mol. The average molecular weight is 314 g/mol. The molecular weight excluding hydrogens is 292 g/mol. The molecule has 1 aromatic rings. The summed E-state index contributed by atoms with van der Waals surface area (Å²) in [5.41, 5.74) is 0.458. The first kappa shape index (κ1) is 17.6. The maximum absolute atomic E-state index is 11.7. The maximum atomic E-state index is 11.7. The number of amides is 1. The molecule has 0 spiro atoms. The molecule has 0 radical (unpaired) electrons. The number of carbonyl (C=O) groups is 2. The number of hydrogen-bond donors (Lipinski definition) is 2. The normalized spacial score (nSPS) is 10.6. The first-order valence-electron chi connectivity index (χ1n) is 7.08. The third kappa shape index (κ3) is 6.68. The van der Waals surface area contributed by atoms with Crippen molar-refractivity contribution in [3.63, 3.8) is 0 Å². The van der Waals surface area contributed by atoms with Gasteiger partial charge in [-0.15, -0.1) is 11.3 Å². The van der Waals surface area contributed by atoms with Crippen molar-refractivity contribution in [2.24, 2.45) is 0 Å². The summed E-state index contributed by atoms with van der Waals surface area (Å²) in [6.07, 6.45) is 3.06. The molecule has 2 N–H and O–H groups in total. The van der Waals surface area contributed by atoms with Gasteiger partial charge < -0.3 is 15.2 Å². The van der Waals surface area contributed by atoms with E-state index < -0.39 is 5.97 Å². The molecule has 7 heteroatoms. The second-order valence-corrected chi connectivity index (χ2v) is 5.76. The molecule has 21 heavy (non-hydrogen) atoms. The van der Waals surface area contributed by atoms with Gasteiger partial charge in [-0.3, -0.25) is 4.79 Å². The van der Waals surface area contributed by atoms with Crippen LogP contribution >= 0.6 is 11.3 Å². The SMILES string of the molecule is CCCCOCCCNC(=O)Cc1nc(C)c(C(=O)O)s1. The predicted molar refractivity (Wildman–Crippen MR) is 80.9 cm³/mol. The van der Waals surface area contributed by atoms with Crippen molar-refractivity contribution >= 4 is 23.2 Å². The largest absolute Gasteiger partial charge is 0.477 e. The minimum Gasteiger partial charge on any atom is -0.477 e. The summed E-state index contributed by atoms with van der Waals surface area (Å²) in [4.78, 5) is 26.9. The number of unbranched alkanes of at least 4 members (excludes halogenated alkanes) is 1. The van der Waals surface area contributed by atoms with Crippen LogP contribution in [0.4, 0.5) is 0 Å². The smallest absolute Gasteiger partial charge is 0.347 e. The minimum atomic E-state index is -0.999. The minimum absolute atomic E-state index is 0.121. The lowest BCUT2D eigenvalue weighted by atomic mass is 10.3. The molecule has 0 aliphatic rings. The highest BCUT2D eigenvalue weighted by Crippen LogP contribution is 2.18. The number of carboxylic acids is 1. The third-order valence-corrected chi connectivity index (χ3v) is 3.92. The highest BCUT2D eigenvalue weighted by Gasteiger charge is 2.15. The summed E-state index contributed by atoms with van der Waals surface area (Å²) in [6.45, 7) is 5.70.